The number of benzene rings is 1. The number of amides is 1. The summed E-state index contributed by atoms with van der Waals surface area (Å²) in [6.45, 7) is 2.04. The van der Waals surface area contributed by atoms with Gasteiger partial charge in [0, 0.05) is 4.47 Å². The highest BCUT2D eigenvalue weighted by molar-refractivity contribution is 9.10. The van der Waals surface area contributed by atoms with E-state index in [2.05, 4.69) is 21.2 Å². The van der Waals surface area contributed by atoms with E-state index in [9.17, 15) is 14.7 Å². The Morgan fingerprint density at radius 3 is 2.55 bits per heavy atom. The fourth-order valence-corrected chi connectivity index (χ4v) is 3.21. The van der Waals surface area contributed by atoms with E-state index in [1.165, 1.54) is 0 Å². The number of halogens is 1. The predicted octanol–water partition coefficient (Wildman–Crippen LogP) is 3.52. The number of carbonyl (C=O) groups is 2. The molecule has 0 aliphatic heterocycles. The van der Waals surface area contributed by atoms with Gasteiger partial charge in [-0.2, -0.15) is 0 Å². The molecule has 0 saturated heterocycles. The van der Waals surface area contributed by atoms with Crippen molar-refractivity contribution in [1.29, 1.82) is 0 Å². The number of carboxylic acids is 1. The van der Waals surface area contributed by atoms with E-state index in [0.29, 0.717) is 24.4 Å². The van der Waals surface area contributed by atoms with Gasteiger partial charge in [-0.15, -0.1) is 0 Å². The zero-order valence-electron chi connectivity index (χ0n) is 11.3. The number of aliphatic carboxylic acids is 1. The van der Waals surface area contributed by atoms with Crippen molar-refractivity contribution in [3.8, 4) is 0 Å². The van der Waals surface area contributed by atoms with Gasteiger partial charge in [-0.1, -0.05) is 25.5 Å². The minimum atomic E-state index is -0.867. The monoisotopic (exact) mass is 339 g/mol. The van der Waals surface area contributed by atoms with Gasteiger partial charge in [-0.05, 0) is 46.8 Å². The Balaban J connectivity index is 2.11. The highest BCUT2D eigenvalue weighted by Crippen LogP contribution is 2.39. The third kappa shape index (κ3) is 3.20. The van der Waals surface area contributed by atoms with E-state index >= 15 is 0 Å². The quantitative estimate of drug-likeness (QED) is 0.881. The summed E-state index contributed by atoms with van der Waals surface area (Å²) in [6.07, 6.45) is 2.17. The zero-order chi connectivity index (χ0) is 14.7. The molecule has 1 saturated carbocycles. The number of rotatable bonds is 4. The van der Waals surface area contributed by atoms with E-state index < -0.39 is 17.8 Å². The molecule has 1 aliphatic rings. The molecule has 0 aromatic heterocycles. The smallest absolute Gasteiger partial charge is 0.307 e. The SMILES string of the molecule is CCC1C[C@H](C(=O)Nc2ccccc2Br)[C@H](C(=O)O)C1. The lowest BCUT2D eigenvalue weighted by atomic mass is 9.95. The van der Waals surface area contributed by atoms with Crippen molar-refractivity contribution in [2.45, 2.75) is 26.2 Å². The number of hydrogen-bond acceptors (Lipinski definition) is 2. The molecule has 2 N–H and O–H groups in total. The standard InChI is InChI=1S/C15H18BrNO3/c1-2-9-7-10(11(8-9)15(19)20)14(18)17-13-6-4-3-5-12(13)16/h3-6,9-11H,2,7-8H2,1H3,(H,17,18)(H,19,20)/t9?,10-,11+/m0/s1. The first-order valence-corrected chi connectivity index (χ1v) is 7.60. The van der Waals surface area contributed by atoms with Crippen molar-refractivity contribution in [2.75, 3.05) is 5.32 Å². The molecular formula is C15H18BrNO3. The van der Waals surface area contributed by atoms with Gasteiger partial charge < -0.3 is 10.4 Å². The lowest BCUT2D eigenvalue weighted by Gasteiger charge is -2.16. The third-order valence-corrected chi connectivity index (χ3v) is 4.71. The molecule has 1 amide bonds. The molecule has 1 aromatic carbocycles. The van der Waals surface area contributed by atoms with Gasteiger partial charge in [0.1, 0.15) is 0 Å². The van der Waals surface area contributed by atoms with Crippen LogP contribution < -0.4 is 5.32 Å². The van der Waals surface area contributed by atoms with Crippen LogP contribution in [0.2, 0.25) is 0 Å². The molecule has 0 spiro atoms. The maximum absolute atomic E-state index is 12.3. The Bertz CT molecular complexity index is 518. The average molecular weight is 340 g/mol. The Kier molecular flexibility index (Phi) is 4.81. The van der Waals surface area contributed by atoms with Crippen LogP contribution in [0, 0.1) is 17.8 Å². The Morgan fingerprint density at radius 1 is 1.30 bits per heavy atom. The van der Waals surface area contributed by atoms with Crippen molar-refractivity contribution in [3.05, 3.63) is 28.7 Å². The first-order chi connectivity index (χ1) is 9.52. The summed E-state index contributed by atoms with van der Waals surface area (Å²) in [5.74, 6) is -1.74. The molecule has 2 rings (SSSR count). The summed E-state index contributed by atoms with van der Waals surface area (Å²) in [5, 5.41) is 12.1. The maximum Gasteiger partial charge on any atom is 0.307 e. The minimum Gasteiger partial charge on any atom is -0.481 e. The topological polar surface area (TPSA) is 66.4 Å². The lowest BCUT2D eigenvalue weighted by Crippen LogP contribution is -2.30. The average Bonchev–Trinajstić information content (AvgIpc) is 2.86. The first-order valence-electron chi connectivity index (χ1n) is 6.81. The number of para-hydroxylation sites is 1. The first kappa shape index (κ1) is 15.0. The van der Waals surface area contributed by atoms with Crippen LogP contribution in [0.3, 0.4) is 0 Å². The molecule has 5 heteroatoms. The van der Waals surface area contributed by atoms with Crippen molar-refractivity contribution in [1.82, 2.24) is 0 Å². The van der Waals surface area contributed by atoms with E-state index in [0.717, 1.165) is 10.9 Å². The Morgan fingerprint density at radius 2 is 1.95 bits per heavy atom. The summed E-state index contributed by atoms with van der Waals surface area (Å²) in [6, 6.07) is 7.33. The molecule has 1 aliphatic carbocycles. The van der Waals surface area contributed by atoms with Gasteiger partial charge in [0.05, 0.1) is 17.5 Å². The molecule has 20 heavy (non-hydrogen) atoms. The van der Waals surface area contributed by atoms with Gasteiger partial charge >= 0.3 is 5.97 Å². The minimum absolute atomic E-state index is 0.194. The molecular weight excluding hydrogens is 322 g/mol. The normalized spacial score (nSPS) is 25.4. The van der Waals surface area contributed by atoms with Crippen molar-refractivity contribution in [2.24, 2.45) is 17.8 Å². The van der Waals surface area contributed by atoms with E-state index in [-0.39, 0.29) is 5.91 Å². The maximum atomic E-state index is 12.3. The summed E-state index contributed by atoms with van der Waals surface area (Å²) < 4.78 is 0.797. The largest absolute Gasteiger partial charge is 0.481 e. The summed E-state index contributed by atoms with van der Waals surface area (Å²) >= 11 is 3.37. The van der Waals surface area contributed by atoms with Crippen LogP contribution in [0.1, 0.15) is 26.2 Å². The number of anilines is 1. The molecule has 0 radical (unpaired) electrons. The van der Waals surface area contributed by atoms with Gasteiger partial charge in [0.15, 0.2) is 0 Å². The third-order valence-electron chi connectivity index (χ3n) is 4.02. The van der Waals surface area contributed by atoms with Crippen molar-refractivity contribution >= 4 is 33.5 Å². The summed E-state index contributed by atoms with van der Waals surface area (Å²) in [4.78, 5) is 23.7. The predicted molar refractivity (Wildman–Crippen MR) is 80.4 cm³/mol. The Labute approximate surface area is 126 Å². The van der Waals surface area contributed by atoms with Gasteiger partial charge in [-0.25, -0.2) is 0 Å². The molecule has 4 nitrogen and oxygen atoms in total. The summed E-state index contributed by atoms with van der Waals surface area (Å²) in [5.41, 5.74) is 0.682. The molecule has 1 unspecified atom stereocenters. The fraction of sp³-hybridized carbons (Fsp3) is 0.467. The zero-order valence-corrected chi connectivity index (χ0v) is 12.9. The van der Waals surface area contributed by atoms with E-state index in [4.69, 9.17) is 0 Å². The molecule has 108 valence electrons. The van der Waals surface area contributed by atoms with Crippen molar-refractivity contribution in [3.63, 3.8) is 0 Å². The molecule has 1 aromatic rings. The van der Waals surface area contributed by atoms with Crippen LogP contribution >= 0.6 is 15.9 Å². The second-order valence-corrected chi connectivity index (χ2v) is 6.12. The van der Waals surface area contributed by atoms with E-state index in [1.54, 1.807) is 6.07 Å². The van der Waals surface area contributed by atoms with Crippen LogP contribution in [0.5, 0.6) is 0 Å². The number of carboxylic acid groups (broad SMARTS) is 1. The number of hydrogen-bond donors (Lipinski definition) is 2. The summed E-state index contributed by atoms with van der Waals surface area (Å²) in [7, 11) is 0. The van der Waals surface area contributed by atoms with Crippen LogP contribution in [0.25, 0.3) is 0 Å². The molecule has 0 heterocycles. The van der Waals surface area contributed by atoms with E-state index in [1.807, 2.05) is 25.1 Å². The van der Waals surface area contributed by atoms with Crippen LogP contribution in [0.4, 0.5) is 5.69 Å². The molecule has 0 bridgehead atoms. The Hall–Kier alpha value is -1.36. The highest BCUT2D eigenvalue weighted by atomic mass is 79.9. The highest BCUT2D eigenvalue weighted by Gasteiger charge is 2.42. The second-order valence-electron chi connectivity index (χ2n) is 5.27. The van der Waals surface area contributed by atoms with Gasteiger partial charge in [-0.3, -0.25) is 9.59 Å². The van der Waals surface area contributed by atoms with Crippen molar-refractivity contribution < 1.29 is 14.7 Å². The number of carbonyl (C=O) groups excluding carboxylic acids is 1. The molecule has 1 fully saturated rings. The van der Waals surface area contributed by atoms with Crippen LogP contribution in [0.15, 0.2) is 28.7 Å². The van der Waals surface area contributed by atoms with Gasteiger partial charge in [0.2, 0.25) is 5.91 Å². The fourth-order valence-electron chi connectivity index (χ4n) is 2.83. The van der Waals surface area contributed by atoms with Gasteiger partial charge in [0.25, 0.3) is 0 Å². The van der Waals surface area contributed by atoms with Crippen LogP contribution in [-0.2, 0) is 9.59 Å². The number of nitrogens with one attached hydrogen (secondary N) is 1. The lowest BCUT2D eigenvalue weighted by molar-refractivity contribution is -0.145. The molecule has 3 atom stereocenters. The second kappa shape index (κ2) is 6.39. The van der Waals surface area contributed by atoms with Crippen LogP contribution in [-0.4, -0.2) is 17.0 Å².